The van der Waals surface area contributed by atoms with E-state index in [4.69, 9.17) is 9.72 Å². The van der Waals surface area contributed by atoms with Crippen LogP contribution in [0.5, 0.6) is 5.75 Å². The third-order valence-corrected chi connectivity index (χ3v) is 5.26. The van der Waals surface area contributed by atoms with Crippen molar-refractivity contribution >= 4 is 0 Å². The van der Waals surface area contributed by atoms with Crippen LogP contribution in [0.1, 0.15) is 43.9 Å². The number of ether oxygens (including phenoxy) is 1. The lowest BCUT2D eigenvalue weighted by atomic mass is 9.80. The number of benzene rings is 1. The summed E-state index contributed by atoms with van der Waals surface area (Å²) in [5, 5.41) is 0. The summed E-state index contributed by atoms with van der Waals surface area (Å²) in [6, 6.07) is 6.20. The number of imidazole rings is 1. The number of hydrogen-bond donors (Lipinski definition) is 0. The summed E-state index contributed by atoms with van der Waals surface area (Å²) in [5.41, 5.74) is 5.85. The molecule has 0 amide bonds. The molecule has 0 saturated carbocycles. The van der Waals surface area contributed by atoms with E-state index in [1.54, 1.807) is 7.11 Å². The highest BCUT2D eigenvalue weighted by atomic mass is 16.5. The molecule has 0 unspecified atom stereocenters. The largest absolute Gasteiger partial charge is 0.497 e. The van der Waals surface area contributed by atoms with Crippen molar-refractivity contribution in [2.75, 3.05) is 7.11 Å². The van der Waals surface area contributed by atoms with Crippen LogP contribution in [0.2, 0.25) is 0 Å². The zero-order valence-electron chi connectivity index (χ0n) is 16.5. The lowest BCUT2D eigenvalue weighted by molar-refractivity contribution is 0.414. The second kappa shape index (κ2) is 6.94. The summed E-state index contributed by atoms with van der Waals surface area (Å²) < 4.78 is 7.58. The number of pyridine rings is 1. The number of aryl methyl sites for hydroxylation is 2. The van der Waals surface area contributed by atoms with E-state index in [1.165, 1.54) is 5.56 Å². The average Bonchev–Trinajstić information content (AvgIpc) is 3.10. The van der Waals surface area contributed by atoms with Gasteiger partial charge < -0.3 is 4.74 Å². The average molecular weight is 349 g/mol. The monoisotopic (exact) mass is 349 g/mol. The molecule has 2 heterocycles. The van der Waals surface area contributed by atoms with E-state index in [0.717, 1.165) is 40.4 Å². The summed E-state index contributed by atoms with van der Waals surface area (Å²) >= 11 is 0. The number of aromatic nitrogens is 3. The van der Waals surface area contributed by atoms with Gasteiger partial charge in [-0.25, -0.2) is 4.98 Å². The molecule has 0 bridgehead atoms. The Hall–Kier alpha value is -2.62. The first-order valence-electron chi connectivity index (χ1n) is 9.03. The predicted molar refractivity (Wildman–Crippen MR) is 106 cm³/mol. The summed E-state index contributed by atoms with van der Waals surface area (Å²) in [6.07, 6.45) is 8.75. The third-order valence-electron chi connectivity index (χ3n) is 5.26. The van der Waals surface area contributed by atoms with E-state index in [-0.39, 0.29) is 5.41 Å². The van der Waals surface area contributed by atoms with Crippen molar-refractivity contribution in [3.05, 3.63) is 59.7 Å². The molecule has 4 nitrogen and oxygen atoms in total. The first-order valence-corrected chi connectivity index (χ1v) is 9.03. The number of nitrogens with zero attached hydrogens (tertiary/aromatic N) is 3. The smallest absolute Gasteiger partial charge is 0.144 e. The van der Waals surface area contributed by atoms with Gasteiger partial charge in [0.25, 0.3) is 0 Å². The van der Waals surface area contributed by atoms with Gasteiger partial charge in [-0.1, -0.05) is 20.8 Å². The maximum Gasteiger partial charge on any atom is 0.144 e. The molecule has 0 aliphatic carbocycles. The molecule has 3 rings (SSSR count). The molecule has 0 aliphatic rings. The van der Waals surface area contributed by atoms with Crippen LogP contribution in [0.4, 0.5) is 0 Å². The van der Waals surface area contributed by atoms with Crippen LogP contribution in [0, 0.1) is 13.8 Å². The quantitative estimate of drug-likeness (QED) is 0.632. The van der Waals surface area contributed by atoms with Gasteiger partial charge in [-0.15, -0.1) is 0 Å². The number of rotatable bonds is 5. The van der Waals surface area contributed by atoms with Crippen molar-refractivity contribution in [1.82, 2.24) is 14.5 Å². The van der Waals surface area contributed by atoms with Gasteiger partial charge in [0, 0.05) is 30.4 Å². The molecule has 3 aromatic rings. The standard InChI is InChI=1S/C22H27N3O/c1-7-22(4,5)19-14-23-9-8-18(19)21-24-10-11-25(21)20-15(2)12-17(26-6)13-16(20)3/h8-14H,7H2,1-6H3. The molecule has 26 heavy (non-hydrogen) atoms. The molecule has 4 heteroatoms. The maximum absolute atomic E-state index is 5.41. The van der Waals surface area contributed by atoms with E-state index in [0.29, 0.717) is 0 Å². The Labute approximate surface area is 155 Å². The second-order valence-corrected chi connectivity index (χ2v) is 7.39. The van der Waals surface area contributed by atoms with Gasteiger partial charge in [0.2, 0.25) is 0 Å². The number of hydrogen-bond acceptors (Lipinski definition) is 3. The van der Waals surface area contributed by atoms with Crippen LogP contribution >= 0.6 is 0 Å². The normalized spacial score (nSPS) is 11.6. The Morgan fingerprint density at radius 3 is 2.42 bits per heavy atom. The van der Waals surface area contributed by atoms with Gasteiger partial charge in [0.05, 0.1) is 12.8 Å². The molecule has 0 aliphatic heterocycles. The molecular formula is C22H27N3O. The maximum atomic E-state index is 5.41. The summed E-state index contributed by atoms with van der Waals surface area (Å²) in [6.45, 7) is 10.9. The van der Waals surface area contributed by atoms with E-state index in [2.05, 4.69) is 62.4 Å². The molecule has 0 N–H and O–H groups in total. The van der Waals surface area contributed by atoms with Crippen molar-refractivity contribution in [1.29, 1.82) is 0 Å². The Balaban J connectivity index is 2.22. The Kier molecular flexibility index (Phi) is 4.86. The van der Waals surface area contributed by atoms with Gasteiger partial charge >= 0.3 is 0 Å². The van der Waals surface area contributed by atoms with Crippen LogP contribution in [0.3, 0.4) is 0 Å². The second-order valence-electron chi connectivity index (χ2n) is 7.39. The molecule has 0 atom stereocenters. The van der Waals surface area contributed by atoms with Gasteiger partial charge in [-0.05, 0) is 60.6 Å². The summed E-state index contributed by atoms with van der Waals surface area (Å²) in [5.74, 6) is 1.82. The molecule has 0 radical (unpaired) electrons. The van der Waals surface area contributed by atoms with Gasteiger partial charge in [-0.3, -0.25) is 9.55 Å². The minimum Gasteiger partial charge on any atom is -0.497 e. The first kappa shape index (κ1) is 18.2. The van der Waals surface area contributed by atoms with Gasteiger partial charge in [0.1, 0.15) is 11.6 Å². The van der Waals surface area contributed by atoms with E-state index < -0.39 is 0 Å². The fraction of sp³-hybridized carbons (Fsp3) is 0.364. The van der Waals surface area contributed by atoms with Crippen LogP contribution in [0.25, 0.3) is 17.1 Å². The molecule has 136 valence electrons. The van der Waals surface area contributed by atoms with Crippen LogP contribution < -0.4 is 4.74 Å². The van der Waals surface area contributed by atoms with Crippen LogP contribution in [-0.2, 0) is 5.41 Å². The van der Waals surface area contributed by atoms with Crippen molar-refractivity contribution in [2.45, 2.75) is 46.5 Å². The highest BCUT2D eigenvalue weighted by Crippen LogP contribution is 2.36. The lowest BCUT2D eigenvalue weighted by Crippen LogP contribution is -2.18. The van der Waals surface area contributed by atoms with E-state index in [9.17, 15) is 0 Å². The SMILES string of the molecule is CCC(C)(C)c1cnccc1-c1nccn1-c1c(C)cc(OC)cc1C. The Morgan fingerprint density at radius 2 is 1.81 bits per heavy atom. The first-order chi connectivity index (χ1) is 12.4. The molecular weight excluding hydrogens is 322 g/mol. The summed E-state index contributed by atoms with van der Waals surface area (Å²) in [4.78, 5) is 9.08. The minimum atomic E-state index is 0.0321. The van der Waals surface area contributed by atoms with Crippen molar-refractivity contribution in [2.24, 2.45) is 0 Å². The van der Waals surface area contributed by atoms with Crippen LogP contribution in [0.15, 0.2) is 43.0 Å². The Bertz CT molecular complexity index is 902. The Morgan fingerprint density at radius 1 is 1.12 bits per heavy atom. The highest BCUT2D eigenvalue weighted by Gasteiger charge is 2.25. The van der Waals surface area contributed by atoms with E-state index >= 15 is 0 Å². The highest BCUT2D eigenvalue weighted by molar-refractivity contribution is 5.66. The van der Waals surface area contributed by atoms with Crippen molar-refractivity contribution < 1.29 is 4.74 Å². The topological polar surface area (TPSA) is 39.9 Å². The zero-order valence-corrected chi connectivity index (χ0v) is 16.5. The predicted octanol–water partition coefficient (Wildman–Crippen LogP) is 5.25. The number of methoxy groups -OCH3 is 1. The lowest BCUT2D eigenvalue weighted by Gasteiger charge is -2.26. The van der Waals surface area contributed by atoms with Crippen molar-refractivity contribution in [3.63, 3.8) is 0 Å². The van der Waals surface area contributed by atoms with Gasteiger partial charge in [0.15, 0.2) is 0 Å². The fourth-order valence-corrected chi connectivity index (χ4v) is 3.42. The molecule has 0 saturated heterocycles. The van der Waals surface area contributed by atoms with Crippen LogP contribution in [-0.4, -0.2) is 21.6 Å². The van der Waals surface area contributed by atoms with Gasteiger partial charge in [-0.2, -0.15) is 0 Å². The van der Waals surface area contributed by atoms with Crippen molar-refractivity contribution in [3.8, 4) is 22.8 Å². The zero-order chi connectivity index (χ0) is 18.9. The molecule has 0 fully saturated rings. The van der Waals surface area contributed by atoms with E-state index in [1.807, 2.05) is 24.8 Å². The molecule has 2 aromatic heterocycles. The third kappa shape index (κ3) is 3.12. The molecule has 0 spiro atoms. The molecule has 1 aromatic carbocycles. The summed E-state index contributed by atoms with van der Waals surface area (Å²) in [7, 11) is 1.70. The fourth-order valence-electron chi connectivity index (χ4n) is 3.42. The minimum absolute atomic E-state index is 0.0321.